The predicted molar refractivity (Wildman–Crippen MR) is 144 cm³/mol. The fourth-order valence-electron chi connectivity index (χ4n) is 5.38. The van der Waals surface area contributed by atoms with Crippen LogP contribution >= 0.6 is 0 Å². The van der Waals surface area contributed by atoms with E-state index in [0.717, 1.165) is 0 Å². The Labute approximate surface area is 236 Å². The highest BCUT2D eigenvalue weighted by Gasteiger charge is 2.55. The summed E-state index contributed by atoms with van der Waals surface area (Å²) in [6.45, 7) is 14.4. The molecule has 0 spiro atoms. The van der Waals surface area contributed by atoms with Crippen LogP contribution in [0.15, 0.2) is 12.7 Å². The number of carbonyl (C=O) groups excluding carboxylic acids is 1. The normalized spacial score (nSPS) is 35.8. The summed E-state index contributed by atoms with van der Waals surface area (Å²) in [5.74, 6) is -1.68. The number of ether oxygens (including phenoxy) is 4. The molecule has 0 aromatic rings. The predicted octanol–water partition coefficient (Wildman–Crippen LogP) is 0.588. The molecule has 12 nitrogen and oxygen atoms in total. The van der Waals surface area contributed by atoms with Crippen LogP contribution < -0.4 is 5.32 Å². The standard InChI is InChI=1S/C28H49NO11/c1-8-11-16(14(4)5)13-37-23-20(33)21(34)27(40-24(23)26(35)36)39-22-18(29-15(6)31)25(28(7,9-2)10-3)38-17(12-30)19(22)32/h8,14,16-25,27,30,32-34H,1,9-13H2,2-7H3,(H,29,31)(H,35,36)/t16?,17?,18?,19-,20?,21?,22?,23+,24?,25?,27-/m1/s1. The summed E-state index contributed by atoms with van der Waals surface area (Å²) < 4.78 is 23.5. The van der Waals surface area contributed by atoms with Gasteiger partial charge in [0, 0.05) is 6.92 Å². The van der Waals surface area contributed by atoms with Gasteiger partial charge in [0.05, 0.1) is 25.4 Å². The maximum absolute atomic E-state index is 12.2. The van der Waals surface area contributed by atoms with Gasteiger partial charge >= 0.3 is 5.97 Å². The molecule has 0 bridgehead atoms. The van der Waals surface area contributed by atoms with Gasteiger partial charge in [0.2, 0.25) is 5.91 Å². The van der Waals surface area contributed by atoms with E-state index in [-0.39, 0.29) is 18.4 Å². The van der Waals surface area contributed by atoms with Crippen molar-refractivity contribution in [3.63, 3.8) is 0 Å². The molecule has 6 N–H and O–H groups in total. The first-order valence-corrected chi connectivity index (χ1v) is 14.1. The van der Waals surface area contributed by atoms with E-state index in [4.69, 9.17) is 18.9 Å². The molecule has 232 valence electrons. The first-order chi connectivity index (χ1) is 18.8. The van der Waals surface area contributed by atoms with Crippen molar-refractivity contribution < 1.29 is 54.1 Å². The SMILES string of the molecule is C=CCC(CO[C@@H]1C(C(=O)O)O[C@@H](OC2C(NC(C)=O)C(C(C)(CC)CC)OC(CO)[C@H]2O)C(O)C1O)C(C)C. The smallest absolute Gasteiger partial charge is 0.335 e. The van der Waals surface area contributed by atoms with Crippen molar-refractivity contribution in [3.05, 3.63) is 12.7 Å². The number of aliphatic hydroxyl groups is 4. The van der Waals surface area contributed by atoms with Crippen LogP contribution in [0.2, 0.25) is 0 Å². The lowest BCUT2D eigenvalue weighted by molar-refractivity contribution is -0.334. The average molecular weight is 576 g/mol. The van der Waals surface area contributed by atoms with E-state index >= 15 is 0 Å². The number of hydrogen-bond donors (Lipinski definition) is 6. The van der Waals surface area contributed by atoms with Crippen LogP contribution in [0.3, 0.4) is 0 Å². The van der Waals surface area contributed by atoms with Gasteiger partial charge in [-0.05, 0) is 36.5 Å². The Hall–Kier alpha value is -1.64. The van der Waals surface area contributed by atoms with Gasteiger partial charge < -0.3 is 49.8 Å². The van der Waals surface area contributed by atoms with Crippen molar-refractivity contribution in [1.82, 2.24) is 5.32 Å². The van der Waals surface area contributed by atoms with Gasteiger partial charge in [-0.2, -0.15) is 0 Å². The van der Waals surface area contributed by atoms with Crippen LogP contribution in [0.4, 0.5) is 0 Å². The topological polar surface area (TPSA) is 184 Å². The molecule has 11 atom stereocenters. The van der Waals surface area contributed by atoms with Gasteiger partial charge in [0.25, 0.3) is 0 Å². The van der Waals surface area contributed by atoms with Gasteiger partial charge in [-0.15, -0.1) is 6.58 Å². The van der Waals surface area contributed by atoms with Gasteiger partial charge in [-0.1, -0.05) is 40.7 Å². The number of carboxylic acids is 1. The molecule has 0 saturated carbocycles. The van der Waals surface area contributed by atoms with Gasteiger partial charge in [0.15, 0.2) is 12.4 Å². The van der Waals surface area contributed by atoms with Crippen LogP contribution in [0.1, 0.15) is 60.8 Å². The highest BCUT2D eigenvalue weighted by atomic mass is 16.7. The number of carbonyl (C=O) groups is 2. The molecule has 0 aromatic carbocycles. The zero-order valence-corrected chi connectivity index (χ0v) is 24.4. The Balaban J connectivity index is 2.37. The van der Waals surface area contributed by atoms with Gasteiger partial charge in [-0.3, -0.25) is 4.79 Å². The third-order valence-electron chi connectivity index (χ3n) is 8.57. The van der Waals surface area contributed by atoms with E-state index in [1.807, 2.05) is 34.6 Å². The second-order valence-electron chi connectivity index (χ2n) is 11.5. The van der Waals surface area contributed by atoms with Crippen LogP contribution in [0, 0.1) is 17.3 Å². The summed E-state index contributed by atoms with van der Waals surface area (Å²) in [4.78, 5) is 24.4. The number of aliphatic hydroxyl groups excluding tert-OH is 4. The van der Waals surface area contributed by atoms with Crippen molar-refractivity contribution in [2.24, 2.45) is 17.3 Å². The Morgan fingerprint density at radius 2 is 1.70 bits per heavy atom. The molecule has 2 aliphatic rings. The van der Waals surface area contributed by atoms with E-state index in [1.165, 1.54) is 6.92 Å². The molecule has 8 unspecified atom stereocenters. The van der Waals surface area contributed by atoms with Crippen LogP contribution in [-0.2, 0) is 28.5 Å². The first kappa shape index (κ1) is 34.6. The first-order valence-electron chi connectivity index (χ1n) is 14.1. The van der Waals surface area contributed by atoms with E-state index < -0.39 is 85.1 Å². The summed E-state index contributed by atoms with van der Waals surface area (Å²) in [6.07, 6.45) is -9.20. The molecule has 12 heteroatoms. The summed E-state index contributed by atoms with van der Waals surface area (Å²) in [6, 6.07) is -0.948. The van der Waals surface area contributed by atoms with Crippen molar-refractivity contribution in [2.75, 3.05) is 13.2 Å². The number of aliphatic carboxylic acids is 1. The second kappa shape index (κ2) is 15.0. The summed E-state index contributed by atoms with van der Waals surface area (Å²) in [7, 11) is 0. The minimum Gasteiger partial charge on any atom is -0.479 e. The Morgan fingerprint density at radius 1 is 1.07 bits per heavy atom. The summed E-state index contributed by atoms with van der Waals surface area (Å²) >= 11 is 0. The van der Waals surface area contributed by atoms with Crippen LogP contribution in [0.25, 0.3) is 0 Å². The van der Waals surface area contributed by atoms with E-state index in [0.29, 0.717) is 19.3 Å². The minimum atomic E-state index is -1.75. The van der Waals surface area contributed by atoms with E-state index in [9.17, 15) is 35.1 Å². The highest BCUT2D eigenvalue weighted by Crippen LogP contribution is 2.40. The summed E-state index contributed by atoms with van der Waals surface area (Å²) in [5, 5.41) is 55.6. The largest absolute Gasteiger partial charge is 0.479 e. The van der Waals surface area contributed by atoms with Gasteiger partial charge in [0.1, 0.15) is 36.6 Å². The number of allylic oxidation sites excluding steroid dienone is 1. The molecule has 0 aliphatic carbocycles. The molecule has 2 saturated heterocycles. The third kappa shape index (κ3) is 7.80. The van der Waals surface area contributed by atoms with Crippen molar-refractivity contribution >= 4 is 11.9 Å². The molecule has 2 rings (SSSR count). The van der Waals surface area contributed by atoms with E-state index in [2.05, 4.69) is 11.9 Å². The second-order valence-corrected chi connectivity index (χ2v) is 11.5. The lowest BCUT2D eigenvalue weighted by atomic mass is 9.72. The number of carboxylic acid groups (broad SMARTS) is 1. The van der Waals surface area contributed by atoms with Crippen LogP contribution in [0.5, 0.6) is 0 Å². The highest BCUT2D eigenvalue weighted by molar-refractivity contribution is 5.74. The minimum absolute atomic E-state index is 0.000138. The fourth-order valence-corrected chi connectivity index (χ4v) is 5.38. The molecule has 40 heavy (non-hydrogen) atoms. The Morgan fingerprint density at radius 3 is 2.17 bits per heavy atom. The lowest BCUT2D eigenvalue weighted by Gasteiger charge is -2.52. The van der Waals surface area contributed by atoms with Crippen molar-refractivity contribution in [2.45, 2.75) is 122 Å². The molecule has 0 aromatic heterocycles. The molecule has 1 amide bonds. The molecular formula is C28H49NO11. The Bertz CT molecular complexity index is 835. The molecule has 0 radical (unpaired) electrons. The quantitative estimate of drug-likeness (QED) is 0.159. The number of hydrogen-bond acceptors (Lipinski definition) is 10. The maximum Gasteiger partial charge on any atom is 0.335 e. The number of nitrogens with one attached hydrogen (secondary N) is 1. The fraction of sp³-hybridized carbons (Fsp3) is 0.857. The molecule has 2 aliphatic heterocycles. The van der Waals surface area contributed by atoms with Gasteiger partial charge in [-0.25, -0.2) is 4.79 Å². The monoisotopic (exact) mass is 575 g/mol. The Kier molecular flexibility index (Phi) is 13.0. The zero-order chi connectivity index (χ0) is 30.4. The molecule has 2 fully saturated rings. The third-order valence-corrected chi connectivity index (χ3v) is 8.57. The van der Waals surface area contributed by atoms with Crippen LogP contribution in [-0.4, -0.2) is 112 Å². The molecule has 2 heterocycles. The maximum atomic E-state index is 12.2. The number of rotatable bonds is 14. The lowest BCUT2D eigenvalue weighted by Crippen LogP contribution is -2.70. The van der Waals surface area contributed by atoms with Crippen molar-refractivity contribution in [3.8, 4) is 0 Å². The number of amides is 1. The van der Waals surface area contributed by atoms with E-state index in [1.54, 1.807) is 6.08 Å². The summed E-state index contributed by atoms with van der Waals surface area (Å²) in [5.41, 5.74) is -0.505. The van der Waals surface area contributed by atoms with Crippen molar-refractivity contribution in [1.29, 1.82) is 0 Å². The zero-order valence-electron chi connectivity index (χ0n) is 24.4. The molecular weight excluding hydrogens is 526 g/mol. The average Bonchev–Trinajstić information content (AvgIpc) is 2.90.